The second-order valence-corrected chi connectivity index (χ2v) is 13.4. The van der Waals surface area contributed by atoms with Crippen LogP contribution in [0.4, 0.5) is 0 Å². The van der Waals surface area contributed by atoms with E-state index in [1.165, 1.54) is 20.8 Å². The van der Waals surface area contributed by atoms with Gasteiger partial charge in [0, 0.05) is 0 Å². The van der Waals surface area contributed by atoms with Gasteiger partial charge in [0.25, 0.3) is 0 Å². The Hall–Kier alpha value is -2.50. The van der Waals surface area contributed by atoms with E-state index in [0.29, 0.717) is 0 Å². The molecule has 0 rings (SSSR count). The van der Waals surface area contributed by atoms with Gasteiger partial charge in [0.2, 0.25) is 0 Å². The van der Waals surface area contributed by atoms with Gasteiger partial charge in [-0.15, -0.1) is 0 Å². The number of aliphatic hydroxyl groups excluding tert-OH is 3. The molecule has 0 aromatic rings. The second-order valence-electron chi connectivity index (χ2n) is 6.70. The van der Waals surface area contributed by atoms with Crippen LogP contribution in [-0.4, -0.2) is 109 Å². The molecule has 0 bridgehead atoms. The summed E-state index contributed by atoms with van der Waals surface area (Å²) in [6.45, 7) is 4.15. The Morgan fingerprint density at radius 2 is 0.800 bits per heavy atom. The van der Waals surface area contributed by atoms with Gasteiger partial charge in [-0.3, -0.25) is 0 Å². The number of aliphatic hydroxyl groups is 3. The minimum atomic E-state index is -5.55. The molecule has 15 nitrogen and oxygen atoms in total. The summed E-state index contributed by atoms with van der Waals surface area (Å²) < 4.78 is 28.6. The number of ether oxygens (including phenoxy) is 3. The topological polar surface area (TPSA) is 218 Å². The van der Waals surface area contributed by atoms with Crippen LogP contribution in [0.25, 0.3) is 0 Å². The summed E-state index contributed by atoms with van der Waals surface area (Å²) in [6.07, 6.45) is -8.63. The number of hydrogen-bond donors (Lipinski definition) is 3. The van der Waals surface area contributed by atoms with Gasteiger partial charge in [-0.2, -0.15) is 0 Å². The standard InChI is InChI=1S/3C6H10O5.CH3.Sn/c3*1-2-11-6(10)4(7)3-5(8)9;;/h3*4,7H,2-3H2,1H3,(H,8,9);1H3;/q;;;;+3/p-3. The molecule has 0 spiro atoms. The molecule has 0 heterocycles. The summed E-state index contributed by atoms with van der Waals surface area (Å²) in [5, 5.41) is 29.1. The van der Waals surface area contributed by atoms with Crippen molar-refractivity contribution in [3.05, 3.63) is 0 Å². The molecule has 3 unspecified atom stereocenters. The summed E-state index contributed by atoms with van der Waals surface area (Å²) in [5.41, 5.74) is 0. The molecule has 0 amide bonds. The predicted molar refractivity (Wildman–Crippen MR) is 112 cm³/mol. The SMILES string of the molecule is CCOC(=O)C(O)CC(=O)[O][Sn]([CH3])([O]C(=O)CC(O)C(=O)OCC)[O]C(=O)CC(O)C(=O)OCC. The molecular weight excluding hydrogens is 587 g/mol. The molecule has 0 aliphatic heterocycles. The fraction of sp³-hybridized carbons (Fsp3) is 0.684. The molecule has 0 saturated carbocycles. The van der Waals surface area contributed by atoms with Crippen molar-refractivity contribution in [2.45, 2.75) is 63.3 Å². The summed E-state index contributed by atoms with van der Waals surface area (Å²) >= 11 is -5.55. The van der Waals surface area contributed by atoms with Gasteiger partial charge >= 0.3 is 206 Å². The maximum atomic E-state index is 12.2. The number of carbonyl (C=O) groups excluding carboxylic acids is 6. The van der Waals surface area contributed by atoms with Crippen molar-refractivity contribution in [3.8, 4) is 0 Å². The Kier molecular flexibility index (Phi) is 15.1. The average molecular weight is 617 g/mol. The second kappa shape index (κ2) is 16.2. The van der Waals surface area contributed by atoms with Crippen LogP contribution in [0.5, 0.6) is 0 Å². The quantitative estimate of drug-likeness (QED) is 0.104. The van der Waals surface area contributed by atoms with Gasteiger partial charge in [-0.1, -0.05) is 0 Å². The van der Waals surface area contributed by atoms with Crippen LogP contribution >= 0.6 is 0 Å². The molecule has 16 heteroatoms. The zero-order valence-corrected chi connectivity index (χ0v) is 22.6. The fourth-order valence-corrected chi connectivity index (χ4v) is 6.86. The van der Waals surface area contributed by atoms with E-state index in [2.05, 4.69) is 14.2 Å². The van der Waals surface area contributed by atoms with Crippen molar-refractivity contribution in [3.63, 3.8) is 0 Å². The number of rotatable bonds is 15. The molecule has 0 saturated heterocycles. The van der Waals surface area contributed by atoms with E-state index >= 15 is 0 Å². The van der Waals surface area contributed by atoms with Crippen LogP contribution in [0, 0.1) is 0 Å². The van der Waals surface area contributed by atoms with E-state index in [1.54, 1.807) is 0 Å². The van der Waals surface area contributed by atoms with Gasteiger partial charge in [0.05, 0.1) is 0 Å². The zero-order valence-electron chi connectivity index (χ0n) is 19.7. The number of hydrogen-bond acceptors (Lipinski definition) is 15. The molecule has 0 aromatic carbocycles. The van der Waals surface area contributed by atoms with Crippen LogP contribution in [0.1, 0.15) is 40.0 Å². The third kappa shape index (κ3) is 13.2. The van der Waals surface area contributed by atoms with Crippen LogP contribution in [0.15, 0.2) is 0 Å². The molecule has 3 atom stereocenters. The van der Waals surface area contributed by atoms with Crippen molar-refractivity contribution in [2.24, 2.45) is 0 Å². The van der Waals surface area contributed by atoms with Crippen LogP contribution < -0.4 is 0 Å². The number of esters is 3. The van der Waals surface area contributed by atoms with Crippen LogP contribution in [0.2, 0.25) is 4.94 Å². The van der Waals surface area contributed by atoms with E-state index in [4.69, 9.17) is 9.22 Å². The van der Waals surface area contributed by atoms with E-state index in [-0.39, 0.29) is 19.8 Å². The number of carbonyl (C=O) groups is 6. The van der Waals surface area contributed by atoms with E-state index < -0.39 is 93.0 Å². The van der Waals surface area contributed by atoms with Gasteiger partial charge in [-0.05, 0) is 0 Å². The van der Waals surface area contributed by atoms with E-state index in [1.807, 2.05) is 0 Å². The van der Waals surface area contributed by atoms with Gasteiger partial charge in [0.15, 0.2) is 0 Å². The van der Waals surface area contributed by atoms with E-state index in [9.17, 15) is 44.1 Å². The molecule has 0 aliphatic rings. The predicted octanol–water partition coefficient (Wildman–Crippen LogP) is -1.87. The Labute approximate surface area is 206 Å². The van der Waals surface area contributed by atoms with Crippen molar-refractivity contribution < 1.29 is 67.5 Å². The normalized spacial score (nSPS) is 14.8. The summed E-state index contributed by atoms with van der Waals surface area (Å²) in [6, 6.07) is 0. The molecule has 0 radical (unpaired) electrons. The van der Waals surface area contributed by atoms with Crippen molar-refractivity contribution in [2.75, 3.05) is 19.8 Å². The first-order valence-electron chi connectivity index (χ1n) is 10.5. The molecule has 3 N–H and O–H groups in total. The molecule has 0 aliphatic carbocycles. The monoisotopic (exact) mass is 618 g/mol. The Morgan fingerprint density at radius 3 is 1.00 bits per heavy atom. The third-order valence-electron chi connectivity index (χ3n) is 3.65. The first kappa shape index (κ1) is 32.5. The first-order valence-corrected chi connectivity index (χ1v) is 16.8. The van der Waals surface area contributed by atoms with Gasteiger partial charge in [-0.25, -0.2) is 0 Å². The van der Waals surface area contributed by atoms with Gasteiger partial charge in [0.1, 0.15) is 0 Å². The molecule has 35 heavy (non-hydrogen) atoms. The van der Waals surface area contributed by atoms with Gasteiger partial charge < -0.3 is 0 Å². The minimum absolute atomic E-state index is 0.0807. The van der Waals surface area contributed by atoms with Crippen molar-refractivity contribution in [1.29, 1.82) is 0 Å². The summed E-state index contributed by atoms with van der Waals surface area (Å²) in [4.78, 5) is 72.1. The van der Waals surface area contributed by atoms with Crippen molar-refractivity contribution >= 4 is 55.4 Å². The summed E-state index contributed by atoms with van der Waals surface area (Å²) in [5.74, 6) is -7.31. The van der Waals surface area contributed by atoms with Crippen LogP contribution in [0.3, 0.4) is 0 Å². The van der Waals surface area contributed by atoms with Crippen molar-refractivity contribution in [1.82, 2.24) is 0 Å². The Bertz CT molecular complexity index is 669. The average Bonchev–Trinajstić information content (AvgIpc) is 2.73. The Morgan fingerprint density at radius 1 is 0.571 bits per heavy atom. The summed E-state index contributed by atoms with van der Waals surface area (Å²) in [7, 11) is 0. The fourth-order valence-electron chi connectivity index (χ4n) is 2.25. The first-order chi connectivity index (χ1) is 16.3. The molecule has 0 aromatic heterocycles. The molecule has 0 fully saturated rings. The van der Waals surface area contributed by atoms with E-state index in [0.717, 1.165) is 4.94 Å². The molecular formula is C19H30O15Sn. The zero-order chi connectivity index (χ0) is 27.2. The maximum absolute atomic E-state index is 12.2. The Balaban J connectivity index is 5.45. The molecule has 200 valence electrons. The third-order valence-corrected chi connectivity index (χ3v) is 8.78. The van der Waals surface area contributed by atoms with Crippen LogP contribution in [-0.2, 0) is 52.2 Å².